The Hall–Kier alpha value is -2.63. The van der Waals surface area contributed by atoms with Crippen molar-refractivity contribution in [3.8, 4) is 0 Å². The molecule has 0 aliphatic carbocycles. The number of aromatic nitrogens is 2. The maximum absolute atomic E-state index is 12.8. The fourth-order valence-electron chi connectivity index (χ4n) is 3.72. The summed E-state index contributed by atoms with van der Waals surface area (Å²) in [6.07, 6.45) is 2.07. The topological polar surface area (TPSA) is 52.6 Å². The maximum Gasteiger partial charge on any atom is 0.272 e. The summed E-state index contributed by atoms with van der Waals surface area (Å²) in [5.74, 6) is 0.636. The number of unbranched alkanes of at least 4 members (excludes halogenated alkanes) is 1. The monoisotopic (exact) mass is 395 g/mol. The third-order valence-electron chi connectivity index (χ3n) is 5.73. The van der Waals surface area contributed by atoms with Crippen molar-refractivity contribution >= 4 is 17.5 Å². The molecule has 1 aromatic carbocycles. The van der Waals surface area contributed by atoms with Crippen molar-refractivity contribution in [3.05, 3.63) is 46.8 Å². The van der Waals surface area contributed by atoms with Crippen molar-refractivity contribution in [2.75, 3.05) is 49.6 Å². The molecule has 2 aromatic rings. The summed E-state index contributed by atoms with van der Waals surface area (Å²) in [6.45, 7) is 12.7. The van der Waals surface area contributed by atoms with E-state index in [-0.39, 0.29) is 5.91 Å². The van der Waals surface area contributed by atoms with Gasteiger partial charge in [-0.05, 0) is 50.5 Å². The van der Waals surface area contributed by atoms with Crippen LogP contribution in [0.5, 0.6) is 0 Å². The number of carbonyl (C=O) groups is 1. The first-order chi connectivity index (χ1) is 13.9. The van der Waals surface area contributed by atoms with Crippen LogP contribution in [-0.2, 0) is 0 Å². The molecule has 29 heavy (non-hydrogen) atoms. The molecule has 2 heterocycles. The van der Waals surface area contributed by atoms with Crippen LogP contribution >= 0.6 is 0 Å². The number of nitrogens with zero attached hydrogens (tertiary/aromatic N) is 5. The van der Waals surface area contributed by atoms with Gasteiger partial charge in [0.05, 0.1) is 0 Å². The van der Waals surface area contributed by atoms with Gasteiger partial charge in [-0.1, -0.05) is 25.5 Å². The number of hydrogen-bond donors (Lipinski definition) is 0. The summed E-state index contributed by atoms with van der Waals surface area (Å²) in [6, 6.07) is 8.27. The lowest BCUT2D eigenvalue weighted by molar-refractivity contribution is 0.0787. The van der Waals surface area contributed by atoms with Gasteiger partial charge in [-0.15, -0.1) is 0 Å². The number of benzene rings is 1. The highest BCUT2D eigenvalue weighted by atomic mass is 16.2. The Morgan fingerprint density at radius 1 is 1.07 bits per heavy atom. The van der Waals surface area contributed by atoms with Crippen molar-refractivity contribution < 1.29 is 4.79 Å². The van der Waals surface area contributed by atoms with Crippen LogP contribution in [0.4, 0.5) is 11.6 Å². The van der Waals surface area contributed by atoms with E-state index in [0.717, 1.165) is 51.3 Å². The molecule has 0 N–H and O–H groups in total. The number of hydrogen-bond acceptors (Lipinski definition) is 5. The predicted octanol–water partition coefficient (Wildman–Crippen LogP) is 3.60. The van der Waals surface area contributed by atoms with Crippen LogP contribution in [0.15, 0.2) is 24.3 Å². The Balaban J connectivity index is 1.71. The van der Waals surface area contributed by atoms with E-state index in [0.29, 0.717) is 11.6 Å². The SMILES string of the molecule is CCCCN(C)C(=O)c1cc(C)nc(N2CCN(c3cccc(C)c3C)CC2)n1. The zero-order valence-electron chi connectivity index (χ0n) is 18.4. The van der Waals surface area contributed by atoms with E-state index >= 15 is 0 Å². The van der Waals surface area contributed by atoms with Crippen LogP contribution in [-0.4, -0.2) is 60.5 Å². The van der Waals surface area contributed by atoms with Crippen molar-refractivity contribution in [2.45, 2.75) is 40.5 Å². The van der Waals surface area contributed by atoms with E-state index in [1.807, 2.05) is 14.0 Å². The zero-order valence-corrected chi connectivity index (χ0v) is 18.4. The minimum absolute atomic E-state index is 0.0285. The van der Waals surface area contributed by atoms with E-state index in [1.54, 1.807) is 11.0 Å². The lowest BCUT2D eigenvalue weighted by Gasteiger charge is -2.37. The number of piperazine rings is 1. The zero-order chi connectivity index (χ0) is 21.0. The van der Waals surface area contributed by atoms with Gasteiger partial charge in [-0.2, -0.15) is 0 Å². The number of anilines is 2. The molecule has 1 saturated heterocycles. The molecule has 0 spiro atoms. The van der Waals surface area contributed by atoms with Crippen LogP contribution in [0.2, 0.25) is 0 Å². The first-order valence-electron chi connectivity index (χ1n) is 10.6. The van der Waals surface area contributed by atoms with Gasteiger partial charge in [0.15, 0.2) is 0 Å². The van der Waals surface area contributed by atoms with Crippen molar-refractivity contribution in [1.82, 2.24) is 14.9 Å². The average Bonchev–Trinajstić information content (AvgIpc) is 2.73. The van der Waals surface area contributed by atoms with Crippen molar-refractivity contribution in [1.29, 1.82) is 0 Å². The third-order valence-corrected chi connectivity index (χ3v) is 5.73. The fraction of sp³-hybridized carbons (Fsp3) is 0.522. The number of aryl methyl sites for hydroxylation is 2. The molecule has 0 radical (unpaired) electrons. The summed E-state index contributed by atoms with van der Waals surface area (Å²) >= 11 is 0. The smallest absolute Gasteiger partial charge is 0.272 e. The molecular weight excluding hydrogens is 362 g/mol. The summed E-state index contributed by atoms with van der Waals surface area (Å²) in [7, 11) is 1.85. The molecule has 1 aliphatic heterocycles. The van der Waals surface area contributed by atoms with Gasteiger partial charge in [-0.25, -0.2) is 9.97 Å². The minimum atomic E-state index is -0.0285. The third kappa shape index (κ3) is 4.86. The largest absolute Gasteiger partial charge is 0.368 e. The van der Waals surface area contributed by atoms with Gasteiger partial charge in [-0.3, -0.25) is 4.79 Å². The first kappa shape index (κ1) is 21.1. The Morgan fingerprint density at radius 2 is 1.76 bits per heavy atom. The highest BCUT2D eigenvalue weighted by molar-refractivity contribution is 5.92. The number of rotatable bonds is 6. The second-order valence-corrected chi connectivity index (χ2v) is 7.97. The fourth-order valence-corrected chi connectivity index (χ4v) is 3.72. The van der Waals surface area contributed by atoms with Crippen LogP contribution in [0.3, 0.4) is 0 Å². The van der Waals surface area contributed by atoms with Crippen LogP contribution < -0.4 is 9.80 Å². The number of carbonyl (C=O) groups excluding carboxylic acids is 1. The highest BCUT2D eigenvalue weighted by Crippen LogP contribution is 2.24. The van der Waals surface area contributed by atoms with E-state index in [4.69, 9.17) is 0 Å². The summed E-state index contributed by atoms with van der Waals surface area (Å²) in [5.41, 5.74) is 5.29. The van der Waals surface area contributed by atoms with Crippen molar-refractivity contribution in [2.24, 2.45) is 0 Å². The van der Waals surface area contributed by atoms with Gasteiger partial charge in [0.25, 0.3) is 5.91 Å². The average molecular weight is 396 g/mol. The summed E-state index contributed by atoms with van der Waals surface area (Å²) in [5, 5.41) is 0. The molecule has 0 atom stereocenters. The lowest BCUT2D eigenvalue weighted by atomic mass is 10.1. The molecule has 1 amide bonds. The maximum atomic E-state index is 12.8. The Kier molecular flexibility index (Phi) is 6.72. The molecule has 6 nitrogen and oxygen atoms in total. The van der Waals surface area contributed by atoms with Gasteiger partial charge >= 0.3 is 0 Å². The van der Waals surface area contributed by atoms with E-state index in [2.05, 4.69) is 58.7 Å². The molecule has 1 aliphatic rings. The van der Waals surface area contributed by atoms with Gasteiger partial charge < -0.3 is 14.7 Å². The van der Waals surface area contributed by atoms with Crippen LogP contribution in [0.25, 0.3) is 0 Å². The highest BCUT2D eigenvalue weighted by Gasteiger charge is 2.22. The number of amides is 1. The quantitative estimate of drug-likeness (QED) is 0.748. The van der Waals surface area contributed by atoms with E-state index in [1.165, 1.54) is 16.8 Å². The molecule has 156 valence electrons. The minimum Gasteiger partial charge on any atom is -0.368 e. The molecule has 6 heteroatoms. The summed E-state index contributed by atoms with van der Waals surface area (Å²) in [4.78, 5) is 28.4. The molecule has 0 bridgehead atoms. The second kappa shape index (κ2) is 9.25. The Labute approximate surface area is 174 Å². The van der Waals surface area contributed by atoms with Crippen LogP contribution in [0, 0.1) is 20.8 Å². The second-order valence-electron chi connectivity index (χ2n) is 7.97. The molecule has 1 aromatic heterocycles. The van der Waals surface area contributed by atoms with Gasteiger partial charge in [0, 0.05) is 51.2 Å². The normalized spacial score (nSPS) is 14.2. The Bertz CT molecular complexity index is 858. The molecular formula is C23H33N5O. The molecule has 0 saturated carbocycles. The van der Waals surface area contributed by atoms with Crippen LogP contribution in [0.1, 0.15) is 47.1 Å². The predicted molar refractivity (Wildman–Crippen MR) is 119 cm³/mol. The molecule has 0 unspecified atom stereocenters. The lowest BCUT2D eigenvalue weighted by Crippen LogP contribution is -2.47. The van der Waals surface area contributed by atoms with Crippen molar-refractivity contribution in [3.63, 3.8) is 0 Å². The first-order valence-corrected chi connectivity index (χ1v) is 10.6. The standard InChI is InChI=1S/C23H33N5O/c1-6-7-11-26(5)22(29)20-16-18(3)24-23(25-20)28-14-12-27(13-15-28)21-10-8-9-17(2)19(21)4/h8-10,16H,6-7,11-15H2,1-5H3. The summed E-state index contributed by atoms with van der Waals surface area (Å²) < 4.78 is 0. The van der Waals surface area contributed by atoms with Gasteiger partial charge in [0.1, 0.15) is 5.69 Å². The van der Waals surface area contributed by atoms with E-state index < -0.39 is 0 Å². The molecule has 3 rings (SSSR count). The molecule has 1 fully saturated rings. The van der Waals surface area contributed by atoms with E-state index in [9.17, 15) is 4.79 Å². The Morgan fingerprint density at radius 3 is 2.45 bits per heavy atom. The van der Waals surface area contributed by atoms with Gasteiger partial charge in [0.2, 0.25) is 5.95 Å².